The highest BCUT2D eigenvalue weighted by Crippen LogP contribution is 2.19. The first-order chi connectivity index (χ1) is 8.04. The standard InChI is InChI=1S/C11H15N3O3/c1-14-8-3-2-6(10(13)7(12)5-15)4-9(8)17-11(14)16/h2-4,7,10,15H,5,12-13H2,1H3. The second-order valence-corrected chi connectivity index (χ2v) is 4.03. The van der Waals surface area contributed by atoms with Crippen LogP contribution < -0.4 is 17.2 Å². The van der Waals surface area contributed by atoms with Crippen molar-refractivity contribution in [1.82, 2.24) is 4.57 Å². The first-order valence-corrected chi connectivity index (χ1v) is 5.26. The van der Waals surface area contributed by atoms with Gasteiger partial charge in [-0.2, -0.15) is 0 Å². The van der Waals surface area contributed by atoms with Crippen molar-refractivity contribution < 1.29 is 9.52 Å². The normalized spacial score (nSPS) is 15.1. The van der Waals surface area contributed by atoms with Gasteiger partial charge in [-0.15, -0.1) is 0 Å². The summed E-state index contributed by atoms with van der Waals surface area (Å²) in [5, 5.41) is 8.95. The molecular formula is C11H15N3O3. The molecule has 0 amide bonds. The predicted octanol–water partition coefficient (Wildman–Crippen LogP) is -0.549. The summed E-state index contributed by atoms with van der Waals surface area (Å²) in [5.41, 5.74) is 13.4. The molecule has 0 spiro atoms. The lowest BCUT2D eigenvalue weighted by Gasteiger charge is -2.17. The number of rotatable bonds is 3. The Morgan fingerprint density at radius 1 is 1.47 bits per heavy atom. The number of aryl methyl sites for hydroxylation is 1. The van der Waals surface area contributed by atoms with E-state index in [1.54, 1.807) is 25.2 Å². The topological polar surface area (TPSA) is 107 Å². The van der Waals surface area contributed by atoms with Gasteiger partial charge in [0, 0.05) is 19.1 Å². The van der Waals surface area contributed by atoms with Gasteiger partial charge in [0.15, 0.2) is 5.58 Å². The highest BCUT2D eigenvalue weighted by atomic mass is 16.4. The highest BCUT2D eigenvalue weighted by Gasteiger charge is 2.16. The van der Waals surface area contributed by atoms with Gasteiger partial charge in [-0.25, -0.2) is 4.79 Å². The van der Waals surface area contributed by atoms with E-state index in [1.165, 1.54) is 4.57 Å². The fraction of sp³-hybridized carbons (Fsp3) is 0.364. The maximum absolute atomic E-state index is 11.3. The van der Waals surface area contributed by atoms with Gasteiger partial charge < -0.3 is 21.0 Å². The van der Waals surface area contributed by atoms with Crippen LogP contribution in [0.25, 0.3) is 11.1 Å². The van der Waals surface area contributed by atoms with Crippen molar-refractivity contribution in [3.05, 3.63) is 34.3 Å². The molecule has 2 rings (SSSR count). The fourth-order valence-electron chi connectivity index (χ4n) is 1.72. The number of hydrogen-bond donors (Lipinski definition) is 3. The van der Waals surface area contributed by atoms with Crippen LogP contribution in [0.4, 0.5) is 0 Å². The van der Waals surface area contributed by atoms with Crippen molar-refractivity contribution in [3.8, 4) is 0 Å². The van der Waals surface area contributed by atoms with E-state index in [2.05, 4.69) is 0 Å². The van der Waals surface area contributed by atoms with Crippen molar-refractivity contribution in [1.29, 1.82) is 0 Å². The third-order valence-corrected chi connectivity index (χ3v) is 2.87. The van der Waals surface area contributed by atoms with Gasteiger partial charge in [-0.3, -0.25) is 4.57 Å². The number of aliphatic hydroxyl groups is 1. The van der Waals surface area contributed by atoms with Crippen LogP contribution in [0.2, 0.25) is 0 Å². The molecule has 2 unspecified atom stereocenters. The smallest absolute Gasteiger partial charge is 0.408 e. The summed E-state index contributed by atoms with van der Waals surface area (Å²) in [5.74, 6) is -0.419. The average molecular weight is 237 g/mol. The van der Waals surface area contributed by atoms with Crippen LogP contribution in [0.5, 0.6) is 0 Å². The first-order valence-electron chi connectivity index (χ1n) is 5.26. The fourth-order valence-corrected chi connectivity index (χ4v) is 1.72. The van der Waals surface area contributed by atoms with Crippen LogP contribution in [-0.2, 0) is 7.05 Å². The molecule has 5 N–H and O–H groups in total. The van der Waals surface area contributed by atoms with E-state index < -0.39 is 17.8 Å². The third kappa shape index (κ3) is 1.97. The van der Waals surface area contributed by atoms with Gasteiger partial charge in [-0.05, 0) is 17.7 Å². The van der Waals surface area contributed by atoms with E-state index in [0.717, 1.165) is 5.56 Å². The quantitative estimate of drug-likeness (QED) is 0.664. The molecule has 1 heterocycles. The number of aromatic nitrogens is 1. The first kappa shape index (κ1) is 11.8. The largest absolute Gasteiger partial charge is 0.419 e. The monoisotopic (exact) mass is 237 g/mol. The SMILES string of the molecule is Cn1c(=O)oc2cc(C(N)C(N)CO)ccc21. The molecule has 2 atom stereocenters. The molecule has 92 valence electrons. The molecule has 17 heavy (non-hydrogen) atoms. The minimum absolute atomic E-state index is 0.196. The molecule has 0 aliphatic carbocycles. The molecule has 0 saturated carbocycles. The summed E-state index contributed by atoms with van der Waals surface area (Å²) in [6.07, 6.45) is 0. The Hall–Kier alpha value is -1.63. The summed E-state index contributed by atoms with van der Waals surface area (Å²) in [7, 11) is 1.63. The Bertz CT molecular complexity index is 587. The van der Waals surface area contributed by atoms with Gasteiger partial charge in [0.05, 0.1) is 12.1 Å². The Labute approximate surface area is 97.4 Å². The maximum Gasteiger partial charge on any atom is 0.419 e. The molecule has 2 aromatic rings. The molecule has 0 aliphatic heterocycles. The Morgan fingerprint density at radius 3 is 2.82 bits per heavy atom. The molecule has 0 radical (unpaired) electrons. The number of nitrogens with zero attached hydrogens (tertiary/aromatic N) is 1. The molecule has 0 fully saturated rings. The predicted molar refractivity (Wildman–Crippen MR) is 63.4 cm³/mol. The van der Waals surface area contributed by atoms with Gasteiger partial charge in [0.25, 0.3) is 0 Å². The summed E-state index contributed by atoms with van der Waals surface area (Å²) < 4.78 is 6.46. The van der Waals surface area contributed by atoms with Crippen LogP contribution >= 0.6 is 0 Å². The van der Waals surface area contributed by atoms with Gasteiger partial charge in [0.2, 0.25) is 0 Å². The lowest BCUT2D eigenvalue weighted by atomic mass is 10.0. The number of nitrogens with two attached hydrogens (primary N) is 2. The second kappa shape index (κ2) is 4.33. The van der Waals surface area contributed by atoms with Crippen LogP contribution in [0.3, 0.4) is 0 Å². The minimum atomic E-state index is -0.539. The molecule has 6 nitrogen and oxygen atoms in total. The summed E-state index contributed by atoms with van der Waals surface area (Å²) in [6.45, 7) is -0.196. The molecule has 0 saturated heterocycles. The lowest BCUT2D eigenvalue weighted by molar-refractivity contribution is 0.250. The van der Waals surface area contributed by atoms with Crippen molar-refractivity contribution in [2.45, 2.75) is 12.1 Å². The van der Waals surface area contributed by atoms with Gasteiger partial charge >= 0.3 is 5.76 Å². The van der Waals surface area contributed by atoms with E-state index in [-0.39, 0.29) is 6.61 Å². The molecule has 0 bridgehead atoms. The Balaban J connectivity index is 2.48. The van der Waals surface area contributed by atoms with E-state index in [0.29, 0.717) is 11.1 Å². The van der Waals surface area contributed by atoms with Crippen molar-refractivity contribution in [2.75, 3.05) is 6.61 Å². The molecule has 6 heteroatoms. The van der Waals surface area contributed by atoms with Crippen molar-refractivity contribution >= 4 is 11.1 Å². The maximum atomic E-state index is 11.3. The molecular weight excluding hydrogens is 222 g/mol. The molecule has 1 aromatic heterocycles. The Kier molecular flexibility index (Phi) is 3.01. The average Bonchev–Trinajstić information content (AvgIpc) is 2.62. The van der Waals surface area contributed by atoms with E-state index in [4.69, 9.17) is 21.0 Å². The zero-order chi connectivity index (χ0) is 12.6. The highest BCUT2D eigenvalue weighted by molar-refractivity contribution is 5.73. The zero-order valence-electron chi connectivity index (χ0n) is 9.46. The van der Waals surface area contributed by atoms with E-state index in [9.17, 15) is 4.79 Å². The van der Waals surface area contributed by atoms with Crippen molar-refractivity contribution in [2.24, 2.45) is 18.5 Å². The number of aliphatic hydroxyl groups excluding tert-OH is 1. The van der Waals surface area contributed by atoms with Crippen LogP contribution in [0, 0.1) is 0 Å². The zero-order valence-corrected chi connectivity index (χ0v) is 9.46. The van der Waals surface area contributed by atoms with Gasteiger partial charge in [0.1, 0.15) is 0 Å². The summed E-state index contributed by atoms with van der Waals surface area (Å²) in [4.78, 5) is 11.3. The van der Waals surface area contributed by atoms with Gasteiger partial charge in [-0.1, -0.05) is 6.07 Å². The molecule has 0 aliphatic rings. The number of fused-ring (bicyclic) bond motifs is 1. The lowest BCUT2D eigenvalue weighted by Crippen LogP contribution is -2.37. The molecule has 1 aromatic carbocycles. The van der Waals surface area contributed by atoms with E-state index in [1.807, 2.05) is 0 Å². The van der Waals surface area contributed by atoms with Crippen molar-refractivity contribution in [3.63, 3.8) is 0 Å². The second-order valence-electron chi connectivity index (χ2n) is 4.03. The van der Waals surface area contributed by atoms with Crippen LogP contribution in [0.15, 0.2) is 27.4 Å². The Morgan fingerprint density at radius 2 is 2.18 bits per heavy atom. The van der Waals surface area contributed by atoms with E-state index >= 15 is 0 Å². The van der Waals surface area contributed by atoms with Crippen LogP contribution in [-0.4, -0.2) is 22.3 Å². The summed E-state index contributed by atoms with van der Waals surface area (Å²) >= 11 is 0. The number of hydrogen-bond acceptors (Lipinski definition) is 5. The summed E-state index contributed by atoms with van der Waals surface area (Å²) in [6, 6.07) is 4.17. The number of benzene rings is 1. The van der Waals surface area contributed by atoms with Crippen LogP contribution in [0.1, 0.15) is 11.6 Å². The number of oxazole rings is 1. The minimum Gasteiger partial charge on any atom is -0.408 e. The third-order valence-electron chi connectivity index (χ3n) is 2.87.